The fourth-order valence-electron chi connectivity index (χ4n) is 5.02. The number of aryl methyl sites for hydroxylation is 2. The second kappa shape index (κ2) is 22.3. The summed E-state index contributed by atoms with van der Waals surface area (Å²) in [6, 6.07) is 3.64. The maximum absolute atomic E-state index is 10.4. The van der Waals surface area contributed by atoms with E-state index >= 15 is 0 Å². The minimum atomic E-state index is 0.377. The zero-order valence-electron chi connectivity index (χ0n) is 23.0. The first-order chi connectivity index (χ1) is 16.7. The Hall–Kier alpha value is -1.18. The van der Waals surface area contributed by atoms with Gasteiger partial charge in [0.15, 0.2) is 0 Å². The molecule has 0 amide bonds. The quantitative estimate of drug-likeness (QED) is 0.115. The van der Waals surface area contributed by atoms with Crippen LogP contribution in [0.3, 0.4) is 0 Å². The van der Waals surface area contributed by atoms with E-state index in [1.165, 1.54) is 128 Å². The minimum absolute atomic E-state index is 0.377. The van der Waals surface area contributed by atoms with E-state index in [0.717, 1.165) is 36.8 Å². The van der Waals surface area contributed by atoms with E-state index in [2.05, 4.69) is 13.8 Å². The summed E-state index contributed by atoms with van der Waals surface area (Å²) in [5, 5.41) is 20.9. The third-order valence-corrected chi connectivity index (χ3v) is 7.38. The molecule has 0 saturated heterocycles. The van der Waals surface area contributed by atoms with Gasteiger partial charge in [0.1, 0.15) is 11.5 Å². The molecule has 0 aliphatic carbocycles. The Labute approximate surface area is 213 Å². The zero-order valence-corrected chi connectivity index (χ0v) is 23.0. The smallest absolute Gasteiger partial charge is 0.119 e. The van der Waals surface area contributed by atoms with Crippen molar-refractivity contribution >= 4 is 0 Å². The maximum Gasteiger partial charge on any atom is 0.119 e. The van der Waals surface area contributed by atoms with Crippen LogP contribution in [0.1, 0.15) is 166 Å². The summed E-state index contributed by atoms with van der Waals surface area (Å²) in [4.78, 5) is 0. The molecule has 1 aromatic carbocycles. The number of aromatic hydroxyl groups is 2. The predicted octanol–water partition coefficient (Wildman–Crippen LogP) is 10.8. The lowest BCUT2D eigenvalue weighted by Crippen LogP contribution is -1.92. The van der Waals surface area contributed by atoms with Crippen molar-refractivity contribution in [1.29, 1.82) is 0 Å². The summed E-state index contributed by atoms with van der Waals surface area (Å²) in [6.07, 6.45) is 31.0. The van der Waals surface area contributed by atoms with Gasteiger partial charge in [-0.25, -0.2) is 0 Å². The average Bonchev–Trinajstić information content (AvgIpc) is 2.83. The highest BCUT2D eigenvalue weighted by Gasteiger charge is 2.09. The lowest BCUT2D eigenvalue weighted by molar-refractivity contribution is 0.445. The van der Waals surface area contributed by atoms with Gasteiger partial charge in [0.25, 0.3) is 0 Å². The van der Waals surface area contributed by atoms with Gasteiger partial charge in [-0.15, -0.1) is 0 Å². The largest absolute Gasteiger partial charge is 0.508 e. The molecule has 0 atom stereocenters. The molecule has 0 aliphatic rings. The van der Waals surface area contributed by atoms with Crippen LogP contribution in [0.25, 0.3) is 0 Å². The molecule has 1 aromatic rings. The lowest BCUT2D eigenvalue weighted by Gasteiger charge is -2.10. The number of rotatable bonds is 24. The molecule has 0 bridgehead atoms. The van der Waals surface area contributed by atoms with E-state index in [-0.39, 0.29) is 0 Å². The fourth-order valence-corrected chi connectivity index (χ4v) is 5.02. The minimum Gasteiger partial charge on any atom is -0.508 e. The van der Waals surface area contributed by atoms with E-state index < -0.39 is 0 Å². The van der Waals surface area contributed by atoms with Crippen molar-refractivity contribution in [3.8, 4) is 11.5 Å². The molecule has 0 aromatic heterocycles. The molecule has 198 valence electrons. The molecule has 0 radical (unpaired) electrons. The molecule has 1 rings (SSSR count). The molecule has 2 heteroatoms. The van der Waals surface area contributed by atoms with Crippen LogP contribution < -0.4 is 0 Å². The SMILES string of the molecule is CCCCCCCCCCCCCCc1cc(O)c(CCCCCCCCCCCC)cc1O. The van der Waals surface area contributed by atoms with Gasteiger partial charge in [-0.2, -0.15) is 0 Å². The Bertz CT molecular complexity index is 581. The van der Waals surface area contributed by atoms with Gasteiger partial charge >= 0.3 is 0 Å². The Morgan fingerprint density at radius 2 is 0.618 bits per heavy atom. The topological polar surface area (TPSA) is 40.5 Å². The molecule has 0 fully saturated rings. The van der Waals surface area contributed by atoms with E-state index in [4.69, 9.17) is 0 Å². The van der Waals surface area contributed by atoms with Gasteiger partial charge in [-0.1, -0.05) is 142 Å². The molecule has 0 heterocycles. The molecular weight excluding hydrogens is 416 g/mol. The summed E-state index contributed by atoms with van der Waals surface area (Å²) in [6.45, 7) is 4.55. The van der Waals surface area contributed by atoms with Crippen molar-refractivity contribution in [3.05, 3.63) is 23.3 Å². The molecule has 0 saturated carbocycles. The van der Waals surface area contributed by atoms with Crippen LogP contribution in [0.5, 0.6) is 11.5 Å². The number of unbranched alkanes of at least 4 members (excludes halogenated alkanes) is 20. The van der Waals surface area contributed by atoms with Gasteiger partial charge in [-0.05, 0) is 48.9 Å². The highest BCUT2D eigenvalue weighted by molar-refractivity contribution is 5.45. The predicted molar refractivity (Wildman–Crippen MR) is 150 cm³/mol. The molecule has 0 unspecified atom stereocenters. The normalized spacial score (nSPS) is 11.4. The highest BCUT2D eigenvalue weighted by atomic mass is 16.3. The molecule has 34 heavy (non-hydrogen) atoms. The number of phenolic OH excluding ortho intramolecular Hbond substituents is 2. The van der Waals surface area contributed by atoms with Gasteiger partial charge in [-0.3, -0.25) is 0 Å². The molecule has 0 spiro atoms. The van der Waals surface area contributed by atoms with Crippen molar-refractivity contribution < 1.29 is 10.2 Å². The standard InChI is InChI=1S/C32H58O2/c1-3-5-7-9-11-13-15-16-18-20-22-24-26-30-28-31(33)29(27-32(30)34)25-23-21-19-17-14-12-10-8-6-4-2/h27-28,33-34H,3-26H2,1-2H3. The second-order valence-corrected chi connectivity index (χ2v) is 10.7. The first kappa shape index (κ1) is 30.9. The summed E-state index contributed by atoms with van der Waals surface area (Å²) in [5.74, 6) is 0.755. The fraction of sp³-hybridized carbons (Fsp3) is 0.812. The number of benzene rings is 1. The van der Waals surface area contributed by atoms with Gasteiger partial charge < -0.3 is 10.2 Å². The van der Waals surface area contributed by atoms with Crippen molar-refractivity contribution in [2.24, 2.45) is 0 Å². The van der Waals surface area contributed by atoms with E-state index in [9.17, 15) is 10.2 Å². The Balaban J connectivity index is 2.07. The summed E-state index contributed by atoms with van der Waals surface area (Å²) in [7, 11) is 0. The van der Waals surface area contributed by atoms with Crippen molar-refractivity contribution in [2.45, 2.75) is 168 Å². The Kier molecular flexibility index (Phi) is 20.2. The van der Waals surface area contributed by atoms with Gasteiger partial charge in [0.2, 0.25) is 0 Å². The van der Waals surface area contributed by atoms with Gasteiger partial charge in [0, 0.05) is 0 Å². The second-order valence-electron chi connectivity index (χ2n) is 10.7. The van der Waals surface area contributed by atoms with Gasteiger partial charge in [0.05, 0.1) is 0 Å². The van der Waals surface area contributed by atoms with Crippen molar-refractivity contribution in [1.82, 2.24) is 0 Å². The van der Waals surface area contributed by atoms with E-state index in [1.54, 1.807) is 0 Å². The molecule has 2 N–H and O–H groups in total. The first-order valence-electron chi connectivity index (χ1n) is 15.2. The summed E-state index contributed by atoms with van der Waals surface area (Å²) in [5.41, 5.74) is 1.83. The van der Waals surface area contributed by atoms with E-state index in [1.807, 2.05) is 12.1 Å². The van der Waals surface area contributed by atoms with Crippen LogP contribution in [0, 0.1) is 0 Å². The van der Waals surface area contributed by atoms with Crippen molar-refractivity contribution in [2.75, 3.05) is 0 Å². The number of hydrogen-bond acceptors (Lipinski definition) is 2. The lowest BCUT2D eigenvalue weighted by atomic mass is 9.98. The summed E-state index contributed by atoms with van der Waals surface area (Å²) >= 11 is 0. The molecular formula is C32H58O2. The molecule has 0 aliphatic heterocycles. The first-order valence-corrected chi connectivity index (χ1v) is 15.2. The average molecular weight is 475 g/mol. The number of hydrogen-bond donors (Lipinski definition) is 2. The maximum atomic E-state index is 10.4. The number of phenols is 2. The monoisotopic (exact) mass is 474 g/mol. The van der Waals surface area contributed by atoms with Crippen molar-refractivity contribution in [3.63, 3.8) is 0 Å². The highest BCUT2D eigenvalue weighted by Crippen LogP contribution is 2.30. The van der Waals surface area contributed by atoms with Crippen LogP contribution in [0.4, 0.5) is 0 Å². The zero-order chi connectivity index (χ0) is 24.7. The van der Waals surface area contributed by atoms with Crippen LogP contribution in [0.2, 0.25) is 0 Å². The Morgan fingerprint density at radius 3 is 0.882 bits per heavy atom. The summed E-state index contributed by atoms with van der Waals surface area (Å²) < 4.78 is 0. The van der Waals surface area contributed by atoms with Crippen LogP contribution in [0.15, 0.2) is 12.1 Å². The third kappa shape index (κ3) is 16.4. The third-order valence-electron chi connectivity index (χ3n) is 7.38. The van der Waals surface area contributed by atoms with Crippen LogP contribution in [-0.4, -0.2) is 10.2 Å². The Morgan fingerprint density at radius 1 is 0.382 bits per heavy atom. The van der Waals surface area contributed by atoms with Crippen LogP contribution >= 0.6 is 0 Å². The molecule has 2 nitrogen and oxygen atoms in total. The van der Waals surface area contributed by atoms with E-state index in [0.29, 0.717) is 11.5 Å². The van der Waals surface area contributed by atoms with Crippen LogP contribution in [-0.2, 0) is 12.8 Å².